The third-order valence-corrected chi connectivity index (χ3v) is 6.02. The van der Waals surface area contributed by atoms with Gasteiger partial charge in [-0.25, -0.2) is 0 Å². The Hall–Kier alpha value is -1.80. The lowest BCUT2D eigenvalue weighted by molar-refractivity contribution is -0.192. The highest BCUT2D eigenvalue weighted by molar-refractivity contribution is 6.30. The number of hydrogen-bond acceptors (Lipinski definition) is 3. The van der Waals surface area contributed by atoms with Crippen LogP contribution in [0.4, 0.5) is 13.2 Å². The van der Waals surface area contributed by atoms with Crippen LogP contribution >= 0.6 is 11.6 Å². The number of likely N-dealkylation sites (tertiary alicyclic amines) is 1. The zero-order valence-corrected chi connectivity index (χ0v) is 16.8. The smallest absolute Gasteiger partial charge is 0.354 e. The van der Waals surface area contributed by atoms with Crippen LogP contribution < -0.4 is 10.6 Å². The number of piperidine rings is 1. The van der Waals surface area contributed by atoms with Crippen molar-refractivity contribution < 1.29 is 22.8 Å². The molecule has 1 saturated carbocycles. The van der Waals surface area contributed by atoms with Crippen molar-refractivity contribution in [2.45, 2.75) is 31.9 Å². The summed E-state index contributed by atoms with van der Waals surface area (Å²) in [7, 11) is 0. The van der Waals surface area contributed by atoms with E-state index < -0.39 is 17.5 Å². The molecule has 1 aromatic carbocycles. The molecule has 1 aliphatic carbocycles. The monoisotopic (exact) mass is 431 g/mol. The van der Waals surface area contributed by atoms with E-state index in [1.165, 1.54) is 0 Å². The number of hydrogen-bond donors (Lipinski definition) is 2. The van der Waals surface area contributed by atoms with Crippen LogP contribution in [0.1, 0.15) is 36.0 Å². The normalized spacial score (nSPS) is 19.6. The topological polar surface area (TPSA) is 61.4 Å². The third-order valence-electron chi connectivity index (χ3n) is 5.79. The van der Waals surface area contributed by atoms with Crippen LogP contribution in [-0.2, 0) is 4.79 Å². The van der Waals surface area contributed by atoms with Crippen molar-refractivity contribution in [2.75, 3.05) is 32.7 Å². The number of nitrogens with one attached hydrogen (secondary N) is 2. The van der Waals surface area contributed by atoms with Crippen LogP contribution in [0.3, 0.4) is 0 Å². The molecule has 2 aliphatic rings. The molecule has 2 amide bonds. The van der Waals surface area contributed by atoms with E-state index in [0.29, 0.717) is 29.6 Å². The second-order valence-corrected chi connectivity index (χ2v) is 8.28. The molecule has 160 valence electrons. The van der Waals surface area contributed by atoms with Gasteiger partial charge in [0.25, 0.3) is 5.91 Å². The average Bonchev–Trinajstić information content (AvgIpc) is 3.49. The van der Waals surface area contributed by atoms with Crippen LogP contribution in [0, 0.1) is 11.3 Å². The maximum absolute atomic E-state index is 12.9. The Labute approximate surface area is 173 Å². The first-order valence-corrected chi connectivity index (χ1v) is 10.2. The maximum atomic E-state index is 12.9. The molecular weight excluding hydrogens is 407 g/mol. The minimum Gasteiger partial charge on any atom is -0.354 e. The van der Waals surface area contributed by atoms with Crippen LogP contribution in [0.25, 0.3) is 0 Å². The largest absolute Gasteiger partial charge is 0.403 e. The van der Waals surface area contributed by atoms with E-state index in [9.17, 15) is 22.8 Å². The van der Waals surface area contributed by atoms with E-state index in [1.807, 2.05) is 0 Å². The Bertz CT molecular complexity index is 745. The van der Waals surface area contributed by atoms with Gasteiger partial charge in [0.05, 0.1) is 0 Å². The molecule has 0 unspecified atom stereocenters. The first kappa shape index (κ1) is 21.9. The van der Waals surface area contributed by atoms with Crippen molar-refractivity contribution in [1.82, 2.24) is 15.5 Å². The zero-order valence-electron chi connectivity index (χ0n) is 16.0. The first-order valence-electron chi connectivity index (χ1n) is 9.82. The Kier molecular flexibility index (Phi) is 6.73. The highest BCUT2D eigenvalue weighted by Crippen LogP contribution is 2.57. The molecule has 1 aromatic rings. The van der Waals surface area contributed by atoms with Crippen molar-refractivity contribution >= 4 is 23.4 Å². The van der Waals surface area contributed by atoms with Gasteiger partial charge >= 0.3 is 6.18 Å². The van der Waals surface area contributed by atoms with Gasteiger partial charge in [0.1, 0.15) is 5.41 Å². The summed E-state index contributed by atoms with van der Waals surface area (Å²) in [6.45, 7) is 2.90. The zero-order chi connectivity index (χ0) is 21.1. The molecule has 1 aliphatic heterocycles. The van der Waals surface area contributed by atoms with E-state index in [2.05, 4.69) is 15.5 Å². The van der Waals surface area contributed by atoms with Crippen molar-refractivity contribution in [3.05, 3.63) is 34.9 Å². The second kappa shape index (κ2) is 8.92. The van der Waals surface area contributed by atoms with Crippen molar-refractivity contribution in [1.29, 1.82) is 0 Å². The summed E-state index contributed by atoms with van der Waals surface area (Å²) in [5, 5.41) is 5.89. The summed E-state index contributed by atoms with van der Waals surface area (Å²) in [5.41, 5.74) is -1.63. The predicted octanol–water partition coefficient (Wildman–Crippen LogP) is 3.24. The summed E-state index contributed by atoms with van der Waals surface area (Å²) >= 11 is 5.90. The van der Waals surface area contributed by atoms with Crippen LogP contribution in [0.5, 0.6) is 0 Å². The molecule has 2 fully saturated rings. The van der Waals surface area contributed by atoms with E-state index in [1.54, 1.807) is 24.3 Å². The lowest BCUT2D eigenvalue weighted by Crippen LogP contribution is -2.45. The minimum absolute atomic E-state index is 0.116. The molecule has 0 atom stereocenters. The van der Waals surface area contributed by atoms with E-state index in [4.69, 9.17) is 11.6 Å². The van der Waals surface area contributed by atoms with Gasteiger partial charge in [-0.05, 0) is 62.9 Å². The fourth-order valence-electron chi connectivity index (χ4n) is 3.64. The molecule has 0 aromatic heterocycles. The van der Waals surface area contributed by atoms with Gasteiger partial charge in [0.2, 0.25) is 5.91 Å². The predicted molar refractivity (Wildman–Crippen MR) is 104 cm³/mol. The van der Waals surface area contributed by atoms with Gasteiger partial charge in [0, 0.05) is 30.2 Å². The number of amides is 2. The van der Waals surface area contributed by atoms with Gasteiger partial charge in [0.15, 0.2) is 0 Å². The minimum atomic E-state index is -4.47. The molecule has 0 radical (unpaired) electrons. The number of halogens is 4. The third kappa shape index (κ3) is 5.42. The molecule has 0 spiro atoms. The SMILES string of the molecule is O=C(NCC1CCN(CCNC(=O)C2(C(F)(F)F)CC2)CC1)c1cccc(Cl)c1. The molecule has 2 N–H and O–H groups in total. The Morgan fingerprint density at radius 2 is 1.86 bits per heavy atom. The van der Waals surface area contributed by atoms with Gasteiger partial charge < -0.3 is 15.5 Å². The Morgan fingerprint density at radius 1 is 1.17 bits per heavy atom. The van der Waals surface area contributed by atoms with E-state index in [0.717, 1.165) is 25.9 Å². The molecule has 9 heteroatoms. The highest BCUT2D eigenvalue weighted by atomic mass is 35.5. The van der Waals surface area contributed by atoms with Crippen LogP contribution in [0.15, 0.2) is 24.3 Å². The average molecular weight is 432 g/mol. The Balaban J connectivity index is 1.33. The summed E-state index contributed by atoms with van der Waals surface area (Å²) < 4.78 is 38.8. The quantitative estimate of drug-likeness (QED) is 0.696. The number of rotatable bonds is 7. The van der Waals surface area contributed by atoms with Gasteiger partial charge in [-0.1, -0.05) is 17.7 Å². The van der Waals surface area contributed by atoms with Crippen molar-refractivity contribution in [3.63, 3.8) is 0 Å². The molecule has 29 heavy (non-hydrogen) atoms. The summed E-state index contributed by atoms with van der Waals surface area (Å²) in [4.78, 5) is 26.1. The fraction of sp³-hybridized carbons (Fsp3) is 0.600. The van der Waals surface area contributed by atoms with Crippen molar-refractivity contribution in [3.8, 4) is 0 Å². The Morgan fingerprint density at radius 3 is 2.45 bits per heavy atom. The number of nitrogens with zero attached hydrogens (tertiary/aromatic N) is 1. The molecule has 5 nitrogen and oxygen atoms in total. The molecule has 1 heterocycles. The van der Waals surface area contributed by atoms with Gasteiger partial charge in [-0.2, -0.15) is 13.2 Å². The first-order chi connectivity index (χ1) is 13.7. The summed E-state index contributed by atoms with van der Waals surface area (Å²) in [6, 6.07) is 6.78. The summed E-state index contributed by atoms with van der Waals surface area (Å²) in [6.07, 6.45) is -2.93. The van der Waals surface area contributed by atoms with E-state index in [-0.39, 0.29) is 25.3 Å². The van der Waals surface area contributed by atoms with E-state index >= 15 is 0 Å². The fourth-order valence-corrected chi connectivity index (χ4v) is 3.83. The van der Waals surface area contributed by atoms with Gasteiger partial charge in [-0.3, -0.25) is 9.59 Å². The van der Waals surface area contributed by atoms with Crippen molar-refractivity contribution in [2.24, 2.45) is 11.3 Å². The summed E-state index contributed by atoms with van der Waals surface area (Å²) in [5.74, 6) is -0.705. The molecule has 3 rings (SSSR count). The number of benzene rings is 1. The number of alkyl halides is 3. The maximum Gasteiger partial charge on any atom is 0.403 e. The number of carbonyl (C=O) groups is 2. The second-order valence-electron chi connectivity index (χ2n) is 7.84. The molecular formula is C20H25ClF3N3O2. The van der Waals surface area contributed by atoms with Crippen LogP contribution in [-0.4, -0.2) is 55.6 Å². The van der Waals surface area contributed by atoms with Gasteiger partial charge in [-0.15, -0.1) is 0 Å². The standard InChI is InChI=1S/C20H25ClF3N3O2/c21-16-3-1-2-15(12-16)17(28)26-13-14-4-9-27(10-5-14)11-8-25-18(29)19(6-7-19)20(22,23)24/h1-3,12,14H,4-11,13H2,(H,25,29)(H,26,28). The molecule has 0 bridgehead atoms. The molecule has 1 saturated heterocycles. The highest BCUT2D eigenvalue weighted by Gasteiger charge is 2.68. The van der Waals surface area contributed by atoms with Crippen LogP contribution in [0.2, 0.25) is 5.02 Å². The number of carbonyl (C=O) groups excluding carboxylic acids is 2. The lowest BCUT2D eigenvalue weighted by Gasteiger charge is -2.32. The lowest BCUT2D eigenvalue weighted by atomic mass is 9.96.